The molecule has 2 aliphatic rings. The quantitative estimate of drug-likeness (QED) is 0.695. The van der Waals surface area contributed by atoms with Crippen LogP contribution in [-0.2, 0) is 13.2 Å². The standard InChI is InChI=1S/C21H30N6O2/c28-21(27-12-6-7-16(14-27)18-10-4-5-11-22-18)23-13-19-24-20(26-25-19)15-29-17-8-2-1-3-9-17/h1-3,8-9,16,18,22H,4-7,10-15H2,(H,23,28)(H,24,25,26). The number of hydrogen-bond donors (Lipinski definition) is 3. The number of aromatic amines is 1. The predicted molar refractivity (Wildman–Crippen MR) is 109 cm³/mol. The van der Waals surface area contributed by atoms with Gasteiger partial charge >= 0.3 is 6.03 Å². The molecule has 2 amide bonds. The van der Waals surface area contributed by atoms with Crippen molar-refractivity contribution in [3.05, 3.63) is 42.0 Å². The number of nitrogens with zero attached hydrogens (tertiary/aromatic N) is 3. The van der Waals surface area contributed by atoms with Crippen LogP contribution in [0.1, 0.15) is 43.8 Å². The maximum absolute atomic E-state index is 12.6. The van der Waals surface area contributed by atoms with E-state index in [-0.39, 0.29) is 6.03 Å². The van der Waals surface area contributed by atoms with Crippen LogP contribution in [0.5, 0.6) is 5.75 Å². The van der Waals surface area contributed by atoms with Crippen molar-refractivity contribution < 1.29 is 9.53 Å². The zero-order chi connectivity index (χ0) is 19.9. The third-order valence-electron chi connectivity index (χ3n) is 5.76. The zero-order valence-corrected chi connectivity index (χ0v) is 16.8. The average molecular weight is 399 g/mol. The number of rotatable bonds is 6. The lowest BCUT2D eigenvalue weighted by Gasteiger charge is -2.38. The summed E-state index contributed by atoms with van der Waals surface area (Å²) in [6.45, 7) is 3.37. The van der Waals surface area contributed by atoms with Gasteiger partial charge in [0.15, 0.2) is 11.6 Å². The van der Waals surface area contributed by atoms with E-state index in [1.807, 2.05) is 35.2 Å². The van der Waals surface area contributed by atoms with Gasteiger partial charge in [0.2, 0.25) is 0 Å². The van der Waals surface area contributed by atoms with Gasteiger partial charge < -0.3 is 20.3 Å². The molecular formula is C21H30N6O2. The van der Waals surface area contributed by atoms with E-state index in [1.165, 1.54) is 25.7 Å². The van der Waals surface area contributed by atoms with E-state index in [1.54, 1.807) is 0 Å². The molecule has 0 aliphatic carbocycles. The van der Waals surface area contributed by atoms with Gasteiger partial charge in [0, 0.05) is 19.1 Å². The van der Waals surface area contributed by atoms with Crippen LogP contribution >= 0.6 is 0 Å². The van der Waals surface area contributed by atoms with Crippen LogP contribution in [0.4, 0.5) is 4.79 Å². The van der Waals surface area contributed by atoms with E-state index >= 15 is 0 Å². The van der Waals surface area contributed by atoms with Crippen LogP contribution in [0.2, 0.25) is 0 Å². The highest BCUT2D eigenvalue weighted by atomic mass is 16.5. The van der Waals surface area contributed by atoms with E-state index in [9.17, 15) is 4.79 Å². The maximum Gasteiger partial charge on any atom is 0.317 e. The molecule has 2 atom stereocenters. The smallest absolute Gasteiger partial charge is 0.317 e. The van der Waals surface area contributed by atoms with Gasteiger partial charge in [-0.05, 0) is 50.3 Å². The fraction of sp³-hybridized carbons (Fsp3) is 0.571. The second-order valence-corrected chi connectivity index (χ2v) is 7.86. The molecule has 3 heterocycles. The molecule has 0 bridgehead atoms. The largest absolute Gasteiger partial charge is 0.486 e. The summed E-state index contributed by atoms with van der Waals surface area (Å²) in [5.41, 5.74) is 0. The number of hydrogen-bond acceptors (Lipinski definition) is 5. The fourth-order valence-electron chi connectivity index (χ4n) is 4.22. The van der Waals surface area contributed by atoms with Crippen molar-refractivity contribution >= 4 is 6.03 Å². The minimum atomic E-state index is -0.0302. The lowest BCUT2D eigenvalue weighted by molar-refractivity contribution is 0.141. The van der Waals surface area contributed by atoms with Gasteiger partial charge in [0.05, 0.1) is 6.54 Å². The van der Waals surface area contributed by atoms with Crippen molar-refractivity contribution in [1.82, 2.24) is 30.7 Å². The van der Waals surface area contributed by atoms with Gasteiger partial charge in [-0.25, -0.2) is 9.78 Å². The lowest BCUT2D eigenvalue weighted by atomic mass is 9.86. The maximum atomic E-state index is 12.6. The number of amides is 2. The monoisotopic (exact) mass is 398 g/mol. The van der Waals surface area contributed by atoms with Crippen LogP contribution in [-0.4, -0.2) is 51.8 Å². The van der Waals surface area contributed by atoms with Gasteiger partial charge in [-0.3, -0.25) is 5.10 Å². The normalized spacial score (nSPS) is 22.3. The molecule has 2 aliphatic heterocycles. The Morgan fingerprint density at radius 1 is 1.21 bits per heavy atom. The number of carbonyl (C=O) groups is 1. The molecule has 1 aromatic heterocycles. The lowest BCUT2D eigenvalue weighted by Crippen LogP contribution is -2.51. The van der Waals surface area contributed by atoms with Gasteiger partial charge in [-0.15, -0.1) is 0 Å². The van der Waals surface area contributed by atoms with E-state index < -0.39 is 0 Å². The van der Waals surface area contributed by atoms with E-state index in [0.717, 1.165) is 31.8 Å². The zero-order valence-electron chi connectivity index (χ0n) is 16.8. The summed E-state index contributed by atoms with van der Waals surface area (Å²) in [6, 6.07) is 10.1. The fourth-order valence-corrected chi connectivity index (χ4v) is 4.22. The van der Waals surface area contributed by atoms with Crippen molar-refractivity contribution in [2.45, 2.75) is 51.3 Å². The van der Waals surface area contributed by atoms with Crippen LogP contribution in [0, 0.1) is 5.92 Å². The molecule has 3 N–H and O–H groups in total. The number of H-pyrrole nitrogens is 1. The van der Waals surface area contributed by atoms with E-state index in [2.05, 4.69) is 25.8 Å². The van der Waals surface area contributed by atoms with Gasteiger partial charge in [0.25, 0.3) is 0 Å². The molecule has 2 aromatic rings. The van der Waals surface area contributed by atoms with Crippen molar-refractivity contribution in [2.75, 3.05) is 19.6 Å². The highest BCUT2D eigenvalue weighted by molar-refractivity contribution is 5.74. The number of ether oxygens (including phenoxy) is 1. The van der Waals surface area contributed by atoms with Crippen LogP contribution < -0.4 is 15.4 Å². The molecule has 0 saturated carbocycles. The number of carbonyl (C=O) groups excluding carboxylic acids is 1. The van der Waals surface area contributed by atoms with Crippen molar-refractivity contribution in [1.29, 1.82) is 0 Å². The molecule has 0 radical (unpaired) electrons. The molecule has 8 nitrogen and oxygen atoms in total. The Bertz CT molecular complexity index is 774. The predicted octanol–water partition coefficient (Wildman–Crippen LogP) is 2.45. The molecule has 156 valence electrons. The Morgan fingerprint density at radius 3 is 2.93 bits per heavy atom. The summed E-state index contributed by atoms with van der Waals surface area (Å²) in [7, 11) is 0. The summed E-state index contributed by atoms with van der Waals surface area (Å²) < 4.78 is 5.66. The van der Waals surface area contributed by atoms with E-state index in [0.29, 0.717) is 36.8 Å². The average Bonchev–Trinajstić information content (AvgIpc) is 3.25. The second kappa shape index (κ2) is 9.73. The molecule has 2 fully saturated rings. The number of likely N-dealkylation sites (tertiary alicyclic amines) is 1. The first-order valence-corrected chi connectivity index (χ1v) is 10.6. The van der Waals surface area contributed by atoms with Gasteiger partial charge in [0.1, 0.15) is 12.4 Å². The number of para-hydroxylation sites is 1. The van der Waals surface area contributed by atoms with Crippen molar-refractivity contribution in [3.8, 4) is 5.75 Å². The first-order valence-electron chi connectivity index (χ1n) is 10.6. The third-order valence-corrected chi connectivity index (χ3v) is 5.76. The Balaban J connectivity index is 1.22. The molecular weight excluding hydrogens is 368 g/mol. The highest BCUT2D eigenvalue weighted by Crippen LogP contribution is 2.24. The Hall–Kier alpha value is -2.61. The highest BCUT2D eigenvalue weighted by Gasteiger charge is 2.30. The number of benzene rings is 1. The number of nitrogens with one attached hydrogen (secondary N) is 3. The third kappa shape index (κ3) is 5.47. The number of piperidine rings is 2. The van der Waals surface area contributed by atoms with Gasteiger partial charge in [-0.2, -0.15) is 5.10 Å². The van der Waals surface area contributed by atoms with Crippen molar-refractivity contribution in [2.24, 2.45) is 5.92 Å². The SMILES string of the molecule is O=C(NCc1n[nH]c(COc2ccccc2)n1)N1CCCC(C2CCCCN2)C1. The minimum Gasteiger partial charge on any atom is -0.486 e. The minimum absolute atomic E-state index is 0.0302. The summed E-state index contributed by atoms with van der Waals surface area (Å²) in [6.07, 6.45) is 6.06. The topological polar surface area (TPSA) is 95.2 Å². The van der Waals surface area contributed by atoms with E-state index in [4.69, 9.17) is 4.74 Å². The summed E-state index contributed by atoms with van der Waals surface area (Å²) in [5.74, 6) is 2.54. The summed E-state index contributed by atoms with van der Waals surface area (Å²) in [5, 5.41) is 13.6. The molecule has 0 spiro atoms. The molecule has 2 unspecified atom stereocenters. The van der Waals surface area contributed by atoms with Crippen molar-refractivity contribution in [3.63, 3.8) is 0 Å². The summed E-state index contributed by atoms with van der Waals surface area (Å²) in [4.78, 5) is 19.0. The Labute approximate surface area is 171 Å². The van der Waals surface area contributed by atoms with Crippen LogP contribution in [0.15, 0.2) is 30.3 Å². The molecule has 2 saturated heterocycles. The van der Waals surface area contributed by atoms with Gasteiger partial charge in [-0.1, -0.05) is 24.6 Å². The molecule has 1 aromatic carbocycles. The Morgan fingerprint density at radius 2 is 2.10 bits per heavy atom. The molecule has 4 rings (SSSR count). The first-order chi connectivity index (χ1) is 14.3. The number of urea groups is 1. The molecule has 29 heavy (non-hydrogen) atoms. The second-order valence-electron chi connectivity index (χ2n) is 7.86. The van der Waals surface area contributed by atoms with Crippen LogP contribution in [0.3, 0.4) is 0 Å². The Kier molecular flexibility index (Phi) is 6.61. The molecule has 8 heteroatoms. The summed E-state index contributed by atoms with van der Waals surface area (Å²) >= 11 is 0. The first kappa shape index (κ1) is 19.7. The van der Waals surface area contributed by atoms with Crippen LogP contribution in [0.25, 0.3) is 0 Å². The number of aromatic nitrogens is 3.